The van der Waals surface area contributed by atoms with Crippen molar-refractivity contribution in [3.63, 3.8) is 0 Å². The Morgan fingerprint density at radius 3 is 0.945 bits per heavy atom. The van der Waals surface area contributed by atoms with Gasteiger partial charge >= 0.3 is 26.2 Å². The molecule has 55 heavy (non-hydrogen) atoms. The van der Waals surface area contributed by atoms with Crippen molar-refractivity contribution in [1.29, 1.82) is 0 Å². The fourth-order valence-electron chi connectivity index (χ4n) is 5.98. The molecule has 3 atom stereocenters. The first kappa shape index (κ1) is 56.3. The van der Waals surface area contributed by atoms with E-state index in [9.17, 15) is 0 Å². The Labute approximate surface area is 354 Å². The molecule has 11 nitrogen and oxygen atoms in total. The van der Waals surface area contributed by atoms with Crippen molar-refractivity contribution in [3.8, 4) is 0 Å². The van der Waals surface area contributed by atoms with E-state index in [2.05, 4.69) is 34.2 Å². The van der Waals surface area contributed by atoms with Gasteiger partial charge in [0.2, 0.25) is 0 Å². The lowest BCUT2D eigenvalue weighted by molar-refractivity contribution is -0.0787. The third-order valence-corrected chi connectivity index (χ3v) is 21.5. The van der Waals surface area contributed by atoms with Gasteiger partial charge in [0.15, 0.2) is 0 Å². The summed E-state index contributed by atoms with van der Waals surface area (Å²) in [5, 5.41) is 0. The minimum Gasteiger partial charge on any atom is -0.395 e. The molecule has 0 spiro atoms. The summed E-state index contributed by atoms with van der Waals surface area (Å²) in [6, 6.07) is 2.59. The second kappa shape index (κ2) is 33.9. The average Bonchev–Trinajstić information content (AvgIpc) is 3.14. The van der Waals surface area contributed by atoms with Gasteiger partial charge in [0.05, 0.1) is 36.1 Å². The number of hydrogen-bond donors (Lipinski definition) is 0. The normalized spacial score (nSPS) is 15.7. The molecule has 0 saturated heterocycles. The van der Waals surface area contributed by atoms with E-state index in [-0.39, 0.29) is 21.7 Å². The van der Waals surface area contributed by atoms with E-state index in [0.29, 0.717) is 72.7 Å². The third kappa shape index (κ3) is 25.6. The predicted octanol–water partition coefficient (Wildman–Crippen LogP) is 10.1. The maximum absolute atomic E-state index is 6.57. The molecule has 17 heteroatoms. The minimum absolute atomic E-state index is 0.0199. The maximum atomic E-state index is 6.57. The molecule has 0 radical (unpaired) electrons. The van der Waals surface area contributed by atoms with E-state index in [1.54, 1.807) is 0 Å². The van der Waals surface area contributed by atoms with Crippen LogP contribution in [0, 0.1) is 5.41 Å². The lowest BCUT2D eigenvalue weighted by Gasteiger charge is -2.35. The molecular weight excluding hydrogens is 813 g/mol. The van der Waals surface area contributed by atoms with Crippen LogP contribution in [-0.4, -0.2) is 132 Å². The Kier molecular flexibility index (Phi) is 34.7. The van der Waals surface area contributed by atoms with Gasteiger partial charge in [-0.3, -0.25) is 0 Å². The molecule has 332 valence electrons. The minimum atomic E-state index is -2.65. The van der Waals surface area contributed by atoms with Crippen molar-refractivity contribution >= 4 is 61.5 Å². The molecule has 0 fully saturated rings. The standard InChI is InChI=1S/C38H84O11S3Si3/c1-14-38(32-39-35(10)50-26-23-29-53(13,42-15-2)43-16-3,33-40-36(11)51-27-24-30-54(44-17-4,45-18-5)46-19-6)34-41-37(12)52-28-25-31-55(47-20-7,48-21-8)49-22-9/h35-37H,14-34H2,1-13H3. The number of hydrogen-bond acceptors (Lipinski definition) is 14. The summed E-state index contributed by atoms with van der Waals surface area (Å²) < 4.78 is 68.1. The number of thioether (sulfide) groups is 3. The van der Waals surface area contributed by atoms with Crippen molar-refractivity contribution in [1.82, 2.24) is 0 Å². The fraction of sp³-hybridized carbons (Fsp3) is 1.00. The van der Waals surface area contributed by atoms with E-state index < -0.39 is 26.2 Å². The first-order valence-electron chi connectivity index (χ1n) is 21.2. The van der Waals surface area contributed by atoms with Crippen LogP contribution in [0.15, 0.2) is 0 Å². The quantitative estimate of drug-likeness (QED) is 0.0331. The zero-order valence-electron chi connectivity index (χ0n) is 37.3. The van der Waals surface area contributed by atoms with Crippen LogP contribution in [0.5, 0.6) is 0 Å². The molecule has 0 aromatic rings. The molecule has 0 aliphatic carbocycles. The topological polar surface area (TPSA) is 102 Å². The lowest BCUT2D eigenvalue weighted by atomic mass is 9.88. The summed E-state index contributed by atoms with van der Waals surface area (Å²) >= 11 is 5.49. The molecule has 0 rings (SSSR count). The Morgan fingerprint density at radius 1 is 0.418 bits per heavy atom. The highest BCUT2D eigenvalue weighted by atomic mass is 32.2. The van der Waals surface area contributed by atoms with Gasteiger partial charge in [-0.25, -0.2) is 0 Å². The van der Waals surface area contributed by atoms with E-state index in [1.165, 1.54) is 0 Å². The lowest BCUT2D eigenvalue weighted by Crippen LogP contribution is -2.46. The molecule has 0 aliphatic rings. The van der Waals surface area contributed by atoms with E-state index in [4.69, 9.17) is 49.6 Å². The molecule has 0 N–H and O–H groups in total. The van der Waals surface area contributed by atoms with Gasteiger partial charge in [-0.1, -0.05) is 6.92 Å². The highest BCUT2D eigenvalue weighted by Gasteiger charge is 2.41. The van der Waals surface area contributed by atoms with Crippen LogP contribution in [0.25, 0.3) is 0 Å². The molecule has 0 saturated carbocycles. The van der Waals surface area contributed by atoms with Gasteiger partial charge in [-0.15, -0.1) is 35.3 Å². The highest BCUT2D eigenvalue weighted by molar-refractivity contribution is 8.00. The number of rotatable bonds is 41. The van der Waals surface area contributed by atoms with Crippen LogP contribution in [-0.2, 0) is 49.6 Å². The Hall–Kier alpha value is 1.26. The van der Waals surface area contributed by atoms with Crippen LogP contribution < -0.4 is 0 Å². The van der Waals surface area contributed by atoms with Gasteiger partial charge in [-0.05, 0) is 132 Å². The summed E-state index contributed by atoms with van der Waals surface area (Å²) in [7, 11) is -7.40. The summed E-state index contributed by atoms with van der Waals surface area (Å²) in [6.07, 6.45) is 3.81. The fourth-order valence-corrected chi connectivity index (χ4v) is 16.8. The molecule has 0 aromatic carbocycles. The van der Waals surface area contributed by atoms with E-state index in [0.717, 1.165) is 61.1 Å². The second-order valence-corrected chi connectivity index (χ2v) is 26.4. The largest absolute Gasteiger partial charge is 0.500 e. The van der Waals surface area contributed by atoms with Gasteiger partial charge in [0, 0.05) is 70.4 Å². The zero-order valence-corrected chi connectivity index (χ0v) is 42.7. The summed E-state index contributed by atoms with van der Waals surface area (Å²) in [5.74, 6) is 2.87. The first-order valence-corrected chi connectivity index (χ1v) is 30.7. The van der Waals surface area contributed by atoms with Gasteiger partial charge in [0.25, 0.3) is 0 Å². The van der Waals surface area contributed by atoms with Crippen LogP contribution in [0.1, 0.15) is 109 Å². The Morgan fingerprint density at radius 2 is 0.691 bits per heavy atom. The second-order valence-electron chi connectivity index (χ2n) is 13.4. The Balaban J connectivity index is 5.41. The number of ether oxygens (including phenoxy) is 3. The van der Waals surface area contributed by atoms with Gasteiger partial charge in [-0.2, -0.15) is 0 Å². The van der Waals surface area contributed by atoms with Crippen LogP contribution in [0.3, 0.4) is 0 Å². The van der Waals surface area contributed by atoms with Crippen LogP contribution >= 0.6 is 35.3 Å². The van der Waals surface area contributed by atoms with Crippen molar-refractivity contribution in [3.05, 3.63) is 0 Å². The van der Waals surface area contributed by atoms with Crippen molar-refractivity contribution in [2.24, 2.45) is 5.41 Å². The summed E-state index contributed by atoms with van der Waals surface area (Å²) in [4.78, 5) is 0. The van der Waals surface area contributed by atoms with Gasteiger partial charge < -0.3 is 49.6 Å². The highest BCUT2D eigenvalue weighted by Crippen LogP contribution is 2.31. The molecule has 0 bridgehead atoms. The molecule has 0 heterocycles. The molecule has 3 unspecified atom stereocenters. The van der Waals surface area contributed by atoms with Crippen LogP contribution in [0.4, 0.5) is 0 Å². The van der Waals surface area contributed by atoms with Crippen LogP contribution in [0.2, 0.25) is 24.7 Å². The van der Waals surface area contributed by atoms with Gasteiger partial charge in [0.1, 0.15) is 0 Å². The summed E-state index contributed by atoms with van der Waals surface area (Å²) in [6.45, 7) is 33.6. The summed E-state index contributed by atoms with van der Waals surface area (Å²) in [5.41, 5.74) is -0.194. The predicted molar refractivity (Wildman–Crippen MR) is 241 cm³/mol. The molecule has 0 amide bonds. The zero-order chi connectivity index (χ0) is 41.5. The van der Waals surface area contributed by atoms with E-state index >= 15 is 0 Å². The first-order chi connectivity index (χ1) is 26.3. The third-order valence-electron chi connectivity index (χ3n) is 8.80. The molecular formula is C38H84O11S3Si3. The SMILES string of the molecule is CCO[Si](C)(CCCSC(C)OCC(CC)(COC(C)SCCC[Si](OCC)(OCC)OCC)COC(C)SCCC[Si](OCC)(OCC)OCC)OCC. The van der Waals surface area contributed by atoms with Crippen molar-refractivity contribution < 1.29 is 49.6 Å². The molecule has 0 aliphatic heterocycles. The van der Waals surface area contributed by atoms with E-state index in [1.807, 2.05) is 90.7 Å². The Bertz CT molecular complexity index is 807. The maximum Gasteiger partial charge on any atom is 0.500 e. The van der Waals surface area contributed by atoms with Crippen molar-refractivity contribution in [2.45, 2.75) is 150 Å². The smallest absolute Gasteiger partial charge is 0.395 e. The monoisotopic (exact) mass is 896 g/mol. The molecule has 0 aromatic heterocycles. The van der Waals surface area contributed by atoms with Crippen molar-refractivity contribution in [2.75, 3.05) is 89.9 Å². The average molecular weight is 898 g/mol.